The van der Waals surface area contributed by atoms with Crippen molar-refractivity contribution >= 4 is 5.97 Å². The van der Waals surface area contributed by atoms with Crippen LogP contribution in [0.4, 0.5) is 0 Å². The number of esters is 1. The fraction of sp³-hybridized carbons (Fsp3) is 0.500. The first kappa shape index (κ1) is 14.7. The van der Waals surface area contributed by atoms with E-state index in [-0.39, 0.29) is 0 Å². The zero-order valence-electron chi connectivity index (χ0n) is 11.0. The van der Waals surface area contributed by atoms with Gasteiger partial charge in [-0.3, -0.25) is 4.79 Å². The van der Waals surface area contributed by atoms with Crippen LogP contribution in [0.5, 0.6) is 0 Å². The second-order valence-corrected chi connectivity index (χ2v) is 4.30. The molecule has 0 spiro atoms. The Hall–Kier alpha value is -1.39. The van der Waals surface area contributed by atoms with Crippen LogP contribution in [0.15, 0.2) is 30.3 Å². The molecule has 18 heavy (non-hydrogen) atoms. The minimum Gasteiger partial charge on any atom is -0.469 e. The smallest absolute Gasteiger partial charge is 0.311 e. The predicted molar refractivity (Wildman–Crippen MR) is 67.9 cm³/mol. The van der Waals surface area contributed by atoms with Gasteiger partial charge in [0.05, 0.1) is 31.8 Å². The summed E-state index contributed by atoms with van der Waals surface area (Å²) in [6, 6.07) is 9.68. The summed E-state index contributed by atoms with van der Waals surface area (Å²) in [5, 5.41) is 9.94. The summed E-state index contributed by atoms with van der Waals surface area (Å²) >= 11 is 0. The molecule has 0 heterocycles. The largest absolute Gasteiger partial charge is 0.469 e. The minimum absolute atomic E-state index is 0.410. The molecule has 4 nitrogen and oxygen atoms in total. The van der Waals surface area contributed by atoms with E-state index in [4.69, 9.17) is 4.74 Å². The standard InChI is InChI=1S/C14H20O4/c1-10(14(16)17-3)13(15)11(2)18-9-12-7-5-4-6-8-12/h4-8,10-11,13,15H,9H2,1-3H3/t10-,11+,13-/m0/s1. The van der Waals surface area contributed by atoms with Crippen LogP contribution in [-0.2, 0) is 20.9 Å². The van der Waals surface area contributed by atoms with Crippen LogP contribution in [0.2, 0.25) is 0 Å². The molecule has 1 aromatic carbocycles. The van der Waals surface area contributed by atoms with Gasteiger partial charge in [0.2, 0.25) is 0 Å². The molecule has 1 rings (SSSR count). The van der Waals surface area contributed by atoms with E-state index in [1.807, 2.05) is 30.3 Å². The van der Waals surface area contributed by atoms with Crippen molar-refractivity contribution < 1.29 is 19.4 Å². The van der Waals surface area contributed by atoms with Crippen molar-refractivity contribution in [3.8, 4) is 0 Å². The highest BCUT2D eigenvalue weighted by Crippen LogP contribution is 2.13. The Bertz CT molecular complexity index is 363. The average molecular weight is 252 g/mol. The zero-order chi connectivity index (χ0) is 13.5. The van der Waals surface area contributed by atoms with Crippen LogP contribution in [0.1, 0.15) is 19.4 Å². The quantitative estimate of drug-likeness (QED) is 0.784. The van der Waals surface area contributed by atoms with Crippen molar-refractivity contribution in [1.29, 1.82) is 0 Å². The molecule has 1 aromatic rings. The number of hydrogen-bond donors (Lipinski definition) is 1. The lowest BCUT2D eigenvalue weighted by molar-refractivity contribution is -0.153. The highest BCUT2D eigenvalue weighted by Gasteiger charge is 2.28. The third-order valence-corrected chi connectivity index (χ3v) is 2.92. The molecular formula is C14H20O4. The molecule has 100 valence electrons. The lowest BCUT2D eigenvalue weighted by atomic mass is 10.0. The number of benzene rings is 1. The first-order valence-electron chi connectivity index (χ1n) is 5.97. The van der Waals surface area contributed by atoms with Crippen LogP contribution in [0.25, 0.3) is 0 Å². The normalized spacial score (nSPS) is 15.8. The Morgan fingerprint density at radius 1 is 1.28 bits per heavy atom. The molecule has 0 aliphatic heterocycles. The summed E-state index contributed by atoms with van der Waals surface area (Å²) in [4.78, 5) is 11.3. The molecule has 4 heteroatoms. The van der Waals surface area contributed by atoms with Gasteiger partial charge in [-0.1, -0.05) is 30.3 Å². The molecule has 0 aliphatic carbocycles. The van der Waals surface area contributed by atoms with Gasteiger partial charge in [0.15, 0.2) is 0 Å². The first-order chi connectivity index (χ1) is 8.56. The van der Waals surface area contributed by atoms with Crippen molar-refractivity contribution in [1.82, 2.24) is 0 Å². The average Bonchev–Trinajstić information content (AvgIpc) is 2.43. The SMILES string of the molecule is COC(=O)[C@@H](C)[C@H](O)[C@@H](C)OCc1ccccc1. The summed E-state index contributed by atoms with van der Waals surface area (Å²) in [5.74, 6) is -1.03. The Morgan fingerprint density at radius 2 is 1.89 bits per heavy atom. The summed E-state index contributed by atoms with van der Waals surface area (Å²) in [6.45, 7) is 3.78. The Kier molecular flexibility index (Phi) is 5.82. The van der Waals surface area contributed by atoms with E-state index in [2.05, 4.69) is 4.74 Å². The van der Waals surface area contributed by atoms with Gasteiger partial charge in [0, 0.05) is 0 Å². The molecule has 0 saturated heterocycles. The van der Waals surface area contributed by atoms with E-state index in [0.717, 1.165) is 5.56 Å². The number of aliphatic hydroxyl groups is 1. The maximum atomic E-state index is 11.3. The number of aliphatic hydroxyl groups excluding tert-OH is 1. The van der Waals surface area contributed by atoms with E-state index in [1.54, 1.807) is 13.8 Å². The third kappa shape index (κ3) is 4.13. The summed E-state index contributed by atoms with van der Waals surface area (Å²) < 4.78 is 10.1. The van der Waals surface area contributed by atoms with E-state index < -0.39 is 24.1 Å². The molecule has 0 aromatic heterocycles. The number of hydrogen-bond acceptors (Lipinski definition) is 4. The van der Waals surface area contributed by atoms with E-state index >= 15 is 0 Å². The van der Waals surface area contributed by atoms with Crippen molar-refractivity contribution in [3.63, 3.8) is 0 Å². The fourth-order valence-corrected chi connectivity index (χ4v) is 1.63. The lowest BCUT2D eigenvalue weighted by Gasteiger charge is -2.23. The van der Waals surface area contributed by atoms with Gasteiger partial charge < -0.3 is 14.6 Å². The van der Waals surface area contributed by atoms with Crippen LogP contribution < -0.4 is 0 Å². The van der Waals surface area contributed by atoms with Gasteiger partial charge in [-0.15, -0.1) is 0 Å². The topological polar surface area (TPSA) is 55.8 Å². The maximum Gasteiger partial charge on any atom is 0.311 e. The van der Waals surface area contributed by atoms with E-state index in [0.29, 0.717) is 6.61 Å². The third-order valence-electron chi connectivity index (χ3n) is 2.92. The maximum absolute atomic E-state index is 11.3. The van der Waals surface area contributed by atoms with Crippen molar-refractivity contribution in [2.24, 2.45) is 5.92 Å². The molecule has 0 aliphatic rings. The molecule has 0 unspecified atom stereocenters. The van der Waals surface area contributed by atoms with Crippen LogP contribution >= 0.6 is 0 Å². The molecule has 3 atom stereocenters. The van der Waals surface area contributed by atoms with Gasteiger partial charge >= 0.3 is 5.97 Å². The molecule has 0 saturated carbocycles. The first-order valence-corrected chi connectivity index (χ1v) is 5.97. The van der Waals surface area contributed by atoms with Gasteiger partial charge in [-0.25, -0.2) is 0 Å². The van der Waals surface area contributed by atoms with E-state index in [9.17, 15) is 9.90 Å². The molecule has 0 bridgehead atoms. The van der Waals surface area contributed by atoms with Crippen LogP contribution in [0, 0.1) is 5.92 Å². The lowest BCUT2D eigenvalue weighted by Crippen LogP contribution is -2.36. The number of rotatable bonds is 6. The van der Waals surface area contributed by atoms with E-state index in [1.165, 1.54) is 7.11 Å². The van der Waals surface area contributed by atoms with Crippen molar-refractivity contribution in [3.05, 3.63) is 35.9 Å². The zero-order valence-corrected chi connectivity index (χ0v) is 11.0. The molecule has 0 fully saturated rings. The molecule has 0 amide bonds. The van der Waals surface area contributed by atoms with Crippen LogP contribution in [0.3, 0.4) is 0 Å². The fourth-order valence-electron chi connectivity index (χ4n) is 1.63. The van der Waals surface area contributed by atoms with Crippen molar-refractivity contribution in [2.75, 3.05) is 7.11 Å². The Morgan fingerprint density at radius 3 is 2.44 bits per heavy atom. The van der Waals surface area contributed by atoms with Gasteiger partial charge in [-0.2, -0.15) is 0 Å². The monoisotopic (exact) mass is 252 g/mol. The highest BCUT2D eigenvalue weighted by molar-refractivity contribution is 5.72. The highest BCUT2D eigenvalue weighted by atomic mass is 16.5. The number of carbonyl (C=O) groups excluding carboxylic acids is 1. The van der Waals surface area contributed by atoms with Crippen LogP contribution in [-0.4, -0.2) is 30.4 Å². The molecule has 0 radical (unpaired) electrons. The number of methoxy groups -OCH3 is 1. The van der Waals surface area contributed by atoms with Gasteiger partial charge in [-0.05, 0) is 19.4 Å². The predicted octanol–water partition coefficient (Wildman–Crippen LogP) is 1.76. The summed E-state index contributed by atoms with van der Waals surface area (Å²) in [5.41, 5.74) is 1.03. The summed E-state index contributed by atoms with van der Waals surface area (Å²) in [7, 11) is 1.31. The molecule has 1 N–H and O–H groups in total. The molecular weight excluding hydrogens is 232 g/mol. The number of carbonyl (C=O) groups is 1. The van der Waals surface area contributed by atoms with Gasteiger partial charge in [0.1, 0.15) is 0 Å². The minimum atomic E-state index is -0.874. The Labute approximate surface area is 108 Å². The second-order valence-electron chi connectivity index (χ2n) is 4.30. The summed E-state index contributed by atoms with van der Waals surface area (Å²) in [6.07, 6.45) is -1.31. The number of ether oxygens (including phenoxy) is 2. The Balaban J connectivity index is 2.45. The van der Waals surface area contributed by atoms with Gasteiger partial charge in [0.25, 0.3) is 0 Å². The van der Waals surface area contributed by atoms with Crippen molar-refractivity contribution in [2.45, 2.75) is 32.7 Å². The second kappa shape index (κ2) is 7.13.